The smallest absolute Gasteiger partial charge is 0.229 e. The van der Waals surface area contributed by atoms with Gasteiger partial charge < -0.3 is 25.0 Å². The number of aliphatic hydroxyl groups is 2. The number of hydrogen-bond acceptors (Lipinski definition) is 6. The monoisotopic (exact) mass is 295 g/mol. The molecular formula is C12H25NO5S. The second-order valence-corrected chi connectivity index (χ2v) is 5.01. The molecule has 6 nitrogen and oxygen atoms in total. The molecule has 1 unspecified atom stereocenters. The summed E-state index contributed by atoms with van der Waals surface area (Å²) in [4.78, 5) is 10.9. The zero-order valence-corrected chi connectivity index (χ0v) is 12.3. The third kappa shape index (κ3) is 12.4. The van der Waals surface area contributed by atoms with Gasteiger partial charge in [0.2, 0.25) is 5.91 Å². The summed E-state index contributed by atoms with van der Waals surface area (Å²) in [5, 5.41) is 20.1. The average Bonchev–Trinajstić information content (AvgIpc) is 2.44. The molecule has 1 atom stereocenters. The van der Waals surface area contributed by atoms with Crippen LogP contribution in [0.1, 0.15) is 12.8 Å². The van der Waals surface area contributed by atoms with Gasteiger partial charge in [0.05, 0.1) is 32.2 Å². The largest absolute Gasteiger partial charge is 0.394 e. The minimum atomic E-state index is -0.366. The molecule has 0 radical (unpaired) electrons. The van der Waals surface area contributed by atoms with E-state index < -0.39 is 0 Å². The molecular weight excluding hydrogens is 270 g/mol. The number of amides is 1. The van der Waals surface area contributed by atoms with Gasteiger partial charge >= 0.3 is 0 Å². The van der Waals surface area contributed by atoms with E-state index in [4.69, 9.17) is 19.7 Å². The van der Waals surface area contributed by atoms with Crippen molar-refractivity contribution in [3.63, 3.8) is 0 Å². The van der Waals surface area contributed by atoms with Crippen molar-refractivity contribution in [2.75, 3.05) is 51.6 Å². The summed E-state index contributed by atoms with van der Waals surface area (Å²) >= 11 is 1.61. The van der Waals surface area contributed by atoms with Crippen LogP contribution in [-0.4, -0.2) is 73.8 Å². The maximum atomic E-state index is 10.9. The van der Waals surface area contributed by atoms with E-state index in [2.05, 4.69) is 5.32 Å². The van der Waals surface area contributed by atoms with E-state index >= 15 is 0 Å². The second-order valence-electron chi connectivity index (χ2n) is 3.91. The zero-order chi connectivity index (χ0) is 14.3. The highest BCUT2D eigenvalue weighted by Crippen LogP contribution is 2.04. The molecule has 0 aliphatic rings. The molecule has 0 fully saturated rings. The van der Waals surface area contributed by atoms with Crippen LogP contribution in [0.5, 0.6) is 0 Å². The van der Waals surface area contributed by atoms with Crippen LogP contribution in [0.3, 0.4) is 0 Å². The molecule has 114 valence electrons. The summed E-state index contributed by atoms with van der Waals surface area (Å²) in [5.74, 6) is 1.48. The zero-order valence-electron chi connectivity index (χ0n) is 11.5. The Labute approximate surface area is 118 Å². The number of carbonyl (C=O) groups is 1. The van der Waals surface area contributed by atoms with Crippen LogP contribution < -0.4 is 5.32 Å². The number of nitrogens with one attached hydrogen (secondary N) is 1. The summed E-state index contributed by atoms with van der Waals surface area (Å²) in [6.45, 7) is 0.993. The van der Waals surface area contributed by atoms with Crippen molar-refractivity contribution in [2.45, 2.75) is 18.9 Å². The highest BCUT2D eigenvalue weighted by Gasteiger charge is 2.07. The highest BCUT2D eigenvalue weighted by atomic mass is 32.2. The lowest BCUT2D eigenvalue weighted by Gasteiger charge is -2.14. The Morgan fingerprint density at radius 3 is 2.74 bits per heavy atom. The van der Waals surface area contributed by atoms with Crippen LogP contribution in [0, 0.1) is 0 Å². The summed E-state index contributed by atoms with van der Waals surface area (Å²) in [6, 6.07) is 0. The first-order valence-corrected chi connectivity index (χ1v) is 7.59. The number of unbranched alkanes of at least 4 members (excludes halogenated alkanes) is 1. The van der Waals surface area contributed by atoms with E-state index in [-0.39, 0.29) is 31.8 Å². The van der Waals surface area contributed by atoms with Gasteiger partial charge in [0.15, 0.2) is 0 Å². The van der Waals surface area contributed by atoms with Crippen molar-refractivity contribution in [3.05, 3.63) is 0 Å². The van der Waals surface area contributed by atoms with Gasteiger partial charge in [-0.1, -0.05) is 0 Å². The van der Waals surface area contributed by atoms with E-state index in [9.17, 15) is 4.79 Å². The number of ether oxygens (including phenoxy) is 2. The number of carbonyl (C=O) groups excluding carboxylic acids is 1. The molecule has 0 aliphatic heterocycles. The van der Waals surface area contributed by atoms with Gasteiger partial charge in [-0.25, -0.2) is 0 Å². The fourth-order valence-electron chi connectivity index (χ4n) is 1.23. The number of thioether (sulfide) groups is 1. The summed E-state index contributed by atoms with van der Waals surface area (Å²) in [5.41, 5.74) is 0. The lowest BCUT2D eigenvalue weighted by Crippen LogP contribution is -2.25. The normalized spacial score (nSPS) is 12.4. The molecule has 0 saturated heterocycles. The SMILES string of the molecule is CNC(=O)CSCCCCOCC(CO)OCCO. The maximum absolute atomic E-state index is 10.9. The predicted octanol–water partition coefficient (Wildman–Crippen LogP) is -0.368. The molecule has 0 heterocycles. The van der Waals surface area contributed by atoms with Crippen molar-refractivity contribution in [1.82, 2.24) is 5.32 Å². The van der Waals surface area contributed by atoms with Crippen LogP contribution in [0.15, 0.2) is 0 Å². The number of rotatable bonds is 13. The van der Waals surface area contributed by atoms with Crippen molar-refractivity contribution in [1.29, 1.82) is 0 Å². The van der Waals surface area contributed by atoms with Gasteiger partial charge in [0.1, 0.15) is 6.10 Å². The molecule has 19 heavy (non-hydrogen) atoms. The van der Waals surface area contributed by atoms with Crippen molar-refractivity contribution >= 4 is 17.7 Å². The first kappa shape index (κ1) is 18.7. The van der Waals surface area contributed by atoms with Gasteiger partial charge in [-0.3, -0.25) is 4.79 Å². The molecule has 0 saturated carbocycles. The Morgan fingerprint density at radius 2 is 2.11 bits per heavy atom. The minimum Gasteiger partial charge on any atom is -0.394 e. The summed E-state index contributed by atoms with van der Waals surface area (Å²) in [6.07, 6.45) is 1.54. The van der Waals surface area contributed by atoms with Crippen LogP contribution in [0.2, 0.25) is 0 Å². The fraction of sp³-hybridized carbons (Fsp3) is 0.917. The molecule has 3 N–H and O–H groups in total. The van der Waals surface area contributed by atoms with Gasteiger partial charge in [-0.15, -0.1) is 0 Å². The minimum absolute atomic E-state index is 0.0491. The van der Waals surface area contributed by atoms with Crippen LogP contribution in [-0.2, 0) is 14.3 Å². The second kappa shape index (κ2) is 14.1. The Morgan fingerprint density at radius 1 is 1.32 bits per heavy atom. The van der Waals surface area contributed by atoms with Crippen LogP contribution in [0.4, 0.5) is 0 Å². The van der Waals surface area contributed by atoms with E-state index in [0.717, 1.165) is 18.6 Å². The molecule has 0 rings (SSSR count). The van der Waals surface area contributed by atoms with Crippen molar-refractivity contribution in [2.24, 2.45) is 0 Å². The van der Waals surface area contributed by atoms with E-state index in [1.165, 1.54) is 0 Å². The quantitative estimate of drug-likeness (QED) is 0.402. The summed E-state index contributed by atoms with van der Waals surface area (Å²) in [7, 11) is 1.63. The van der Waals surface area contributed by atoms with Gasteiger partial charge in [-0.05, 0) is 18.6 Å². The third-order valence-corrected chi connectivity index (χ3v) is 3.34. The maximum Gasteiger partial charge on any atom is 0.229 e. The Bertz CT molecular complexity index is 218. The van der Waals surface area contributed by atoms with Crippen molar-refractivity contribution < 1.29 is 24.5 Å². The third-order valence-electron chi connectivity index (χ3n) is 2.29. The Hall–Kier alpha value is -0.340. The van der Waals surface area contributed by atoms with Gasteiger partial charge in [0, 0.05) is 13.7 Å². The molecule has 0 spiro atoms. The first-order valence-electron chi connectivity index (χ1n) is 6.44. The average molecular weight is 295 g/mol. The molecule has 0 aromatic rings. The lowest BCUT2D eigenvalue weighted by molar-refractivity contribution is -0.118. The Balaban J connectivity index is 3.27. The summed E-state index contributed by atoms with van der Waals surface area (Å²) < 4.78 is 10.5. The van der Waals surface area contributed by atoms with Gasteiger partial charge in [0.25, 0.3) is 0 Å². The van der Waals surface area contributed by atoms with Crippen molar-refractivity contribution in [3.8, 4) is 0 Å². The lowest BCUT2D eigenvalue weighted by atomic mass is 10.3. The number of hydrogen-bond donors (Lipinski definition) is 3. The predicted molar refractivity (Wildman–Crippen MR) is 75.4 cm³/mol. The molecule has 1 amide bonds. The first-order chi connectivity index (χ1) is 9.24. The van der Waals surface area contributed by atoms with E-state index in [0.29, 0.717) is 19.0 Å². The Kier molecular flexibility index (Phi) is 13.8. The molecule has 0 bridgehead atoms. The highest BCUT2D eigenvalue weighted by molar-refractivity contribution is 7.99. The van der Waals surface area contributed by atoms with E-state index in [1.54, 1.807) is 18.8 Å². The molecule has 0 aromatic heterocycles. The van der Waals surface area contributed by atoms with Gasteiger partial charge in [-0.2, -0.15) is 11.8 Å². The van der Waals surface area contributed by atoms with Crippen LogP contribution >= 0.6 is 11.8 Å². The molecule has 0 aliphatic carbocycles. The molecule has 7 heteroatoms. The number of aliphatic hydroxyl groups excluding tert-OH is 2. The van der Waals surface area contributed by atoms with Crippen LogP contribution in [0.25, 0.3) is 0 Å². The topological polar surface area (TPSA) is 88.0 Å². The van der Waals surface area contributed by atoms with E-state index in [1.807, 2.05) is 0 Å². The fourth-order valence-corrected chi connectivity index (χ4v) is 2.12. The molecule has 0 aromatic carbocycles. The standard InChI is InChI=1S/C12H25NO5S/c1-13-12(16)10-19-7-3-2-5-17-9-11(8-15)18-6-4-14/h11,14-15H,2-10H2,1H3,(H,13,16).